The number of pyridine rings is 1. The Kier molecular flexibility index (Phi) is 10.9. The Bertz CT molecular complexity index is 1510. The molecule has 3 heterocycles. The second-order valence-corrected chi connectivity index (χ2v) is 13.7. The summed E-state index contributed by atoms with van der Waals surface area (Å²) in [4.78, 5) is 17.9. The van der Waals surface area contributed by atoms with Crippen LogP contribution in [0.4, 0.5) is 10.1 Å². The predicted molar refractivity (Wildman–Crippen MR) is 169 cm³/mol. The van der Waals surface area contributed by atoms with Crippen LogP contribution in [0.3, 0.4) is 0 Å². The summed E-state index contributed by atoms with van der Waals surface area (Å²) in [6.45, 7) is 4.01. The van der Waals surface area contributed by atoms with Gasteiger partial charge in [0.05, 0.1) is 23.0 Å². The van der Waals surface area contributed by atoms with Gasteiger partial charge < -0.3 is 20.7 Å². The molecule has 2 aliphatic heterocycles. The molecule has 1 aromatic heterocycles. The number of piperazine rings is 1. The lowest BCUT2D eigenvalue weighted by molar-refractivity contribution is -0.123. The Labute approximate surface area is 263 Å². The summed E-state index contributed by atoms with van der Waals surface area (Å²) in [5, 5.41) is 10.3. The van der Waals surface area contributed by atoms with E-state index >= 15 is 4.39 Å². The van der Waals surface area contributed by atoms with Gasteiger partial charge in [-0.3, -0.25) is 9.78 Å². The van der Waals surface area contributed by atoms with Crippen molar-refractivity contribution in [3.63, 3.8) is 0 Å². The number of carbonyl (C=O) groups is 1. The molecule has 44 heavy (non-hydrogen) atoms. The van der Waals surface area contributed by atoms with Gasteiger partial charge in [0.15, 0.2) is 0 Å². The lowest BCUT2D eigenvalue weighted by Crippen LogP contribution is -2.58. The molecule has 5 rings (SSSR count). The minimum absolute atomic E-state index is 0.00536. The van der Waals surface area contributed by atoms with E-state index in [1.54, 1.807) is 46.8 Å². The summed E-state index contributed by atoms with van der Waals surface area (Å²) >= 11 is 6.09. The molecule has 2 aliphatic rings. The van der Waals surface area contributed by atoms with Gasteiger partial charge >= 0.3 is 0 Å². The number of sulfonamides is 1. The standard InChI is InChI=1S/C32H39ClFN5O4S/c1-22-18-35-19-26(39(22)44(41,42)27-5-3-2-4-6-27)11-12-28-29(34)20-36-21-31(28)38-30(17-23-7-9-24(33)10-8-23)32(40)37-25-13-15-43-16-14-25/h2-10,20-22,25-26,30,35,38H,11-19H2,1H3,(H,37,40)/t22-,26+,30+/m1/s1. The average Bonchev–Trinajstić information content (AvgIpc) is 3.02. The molecule has 0 spiro atoms. The lowest BCUT2D eigenvalue weighted by Gasteiger charge is -2.40. The van der Waals surface area contributed by atoms with E-state index in [0.717, 1.165) is 24.6 Å². The van der Waals surface area contributed by atoms with E-state index in [2.05, 4.69) is 20.9 Å². The third-order valence-electron chi connectivity index (χ3n) is 8.23. The first-order chi connectivity index (χ1) is 21.2. The quantitative estimate of drug-likeness (QED) is 0.287. The molecule has 3 N–H and O–H groups in total. The molecule has 9 nitrogen and oxygen atoms in total. The zero-order valence-electron chi connectivity index (χ0n) is 24.7. The summed E-state index contributed by atoms with van der Waals surface area (Å²) in [6.07, 6.45) is 5.08. The first-order valence-electron chi connectivity index (χ1n) is 15.0. The van der Waals surface area contributed by atoms with Crippen molar-refractivity contribution in [1.82, 2.24) is 19.9 Å². The Hall–Kier alpha value is -3.09. The second kappa shape index (κ2) is 14.8. The normalized spacial score (nSPS) is 20.6. The summed E-state index contributed by atoms with van der Waals surface area (Å²) in [5.74, 6) is -0.716. The van der Waals surface area contributed by atoms with Crippen LogP contribution in [0, 0.1) is 5.82 Å². The number of hydrogen-bond donors (Lipinski definition) is 3. The molecule has 3 atom stereocenters. The van der Waals surface area contributed by atoms with Gasteiger partial charge in [-0.2, -0.15) is 4.31 Å². The van der Waals surface area contributed by atoms with Crippen LogP contribution in [-0.2, 0) is 32.4 Å². The van der Waals surface area contributed by atoms with E-state index in [4.69, 9.17) is 16.3 Å². The Morgan fingerprint density at radius 1 is 1.11 bits per heavy atom. The van der Waals surface area contributed by atoms with Crippen molar-refractivity contribution in [3.05, 3.63) is 89.0 Å². The molecule has 236 valence electrons. The van der Waals surface area contributed by atoms with Gasteiger partial charge in [-0.1, -0.05) is 41.9 Å². The highest BCUT2D eigenvalue weighted by atomic mass is 35.5. The van der Waals surface area contributed by atoms with Gasteiger partial charge in [0.25, 0.3) is 0 Å². The van der Waals surface area contributed by atoms with Crippen LogP contribution < -0.4 is 16.0 Å². The summed E-state index contributed by atoms with van der Waals surface area (Å²) in [5.41, 5.74) is 1.65. The minimum Gasteiger partial charge on any atom is -0.381 e. The van der Waals surface area contributed by atoms with Crippen molar-refractivity contribution >= 4 is 33.2 Å². The highest BCUT2D eigenvalue weighted by Crippen LogP contribution is 2.28. The zero-order valence-corrected chi connectivity index (χ0v) is 26.3. The molecule has 2 aromatic carbocycles. The fourth-order valence-corrected chi connectivity index (χ4v) is 7.91. The van der Waals surface area contributed by atoms with Gasteiger partial charge in [0, 0.05) is 61.4 Å². The van der Waals surface area contributed by atoms with Gasteiger partial charge in [0.1, 0.15) is 11.9 Å². The number of nitrogens with zero attached hydrogens (tertiary/aromatic N) is 2. The maximum Gasteiger partial charge on any atom is 0.243 e. The van der Waals surface area contributed by atoms with Crippen LogP contribution in [0.1, 0.15) is 37.3 Å². The molecule has 0 unspecified atom stereocenters. The lowest BCUT2D eigenvalue weighted by atomic mass is 10.00. The number of benzene rings is 2. The molecular formula is C32H39ClFN5O4S. The Morgan fingerprint density at radius 2 is 1.84 bits per heavy atom. The fourth-order valence-electron chi connectivity index (χ4n) is 5.92. The molecule has 3 aromatic rings. The zero-order chi connectivity index (χ0) is 31.1. The monoisotopic (exact) mass is 643 g/mol. The summed E-state index contributed by atoms with van der Waals surface area (Å²) in [7, 11) is -3.77. The maximum absolute atomic E-state index is 15.4. The summed E-state index contributed by atoms with van der Waals surface area (Å²) in [6, 6.07) is 14.3. The third-order valence-corrected chi connectivity index (χ3v) is 10.6. The van der Waals surface area contributed by atoms with Crippen LogP contribution in [-0.4, -0.2) is 74.1 Å². The highest BCUT2D eigenvalue weighted by molar-refractivity contribution is 7.89. The van der Waals surface area contributed by atoms with E-state index in [0.29, 0.717) is 55.4 Å². The molecule has 1 amide bonds. The molecule has 2 saturated heterocycles. The largest absolute Gasteiger partial charge is 0.381 e. The number of carbonyl (C=O) groups excluding carboxylic acids is 1. The first-order valence-corrected chi connectivity index (χ1v) is 16.8. The molecule has 0 saturated carbocycles. The number of hydrogen-bond acceptors (Lipinski definition) is 7. The van der Waals surface area contributed by atoms with Crippen LogP contribution in [0.15, 0.2) is 71.9 Å². The number of rotatable bonds is 11. The SMILES string of the molecule is C[C@@H]1CNC[C@H](CCc2c(F)cncc2N[C@@H](Cc2ccc(Cl)cc2)C(=O)NC2CCOCC2)N1S(=O)(=O)c1ccccc1. The van der Waals surface area contributed by atoms with Crippen molar-refractivity contribution in [1.29, 1.82) is 0 Å². The number of ether oxygens (including phenoxy) is 1. The van der Waals surface area contributed by atoms with Crippen molar-refractivity contribution in [2.75, 3.05) is 31.6 Å². The number of anilines is 1. The maximum atomic E-state index is 15.4. The fraction of sp³-hybridized carbons (Fsp3) is 0.438. The topological polar surface area (TPSA) is 113 Å². The number of nitrogens with one attached hydrogen (secondary N) is 3. The van der Waals surface area contributed by atoms with Crippen LogP contribution in [0.5, 0.6) is 0 Å². The Balaban J connectivity index is 1.37. The second-order valence-electron chi connectivity index (χ2n) is 11.4. The average molecular weight is 644 g/mol. The molecule has 0 radical (unpaired) electrons. The highest BCUT2D eigenvalue weighted by Gasteiger charge is 2.38. The van der Waals surface area contributed by atoms with E-state index in [9.17, 15) is 13.2 Å². The first kappa shape index (κ1) is 32.3. The van der Waals surface area contributed by atoms with Gasteiger partial charge in [0.2, 0.25) is 15.9 Å². The molecular weight excluding hydrogens is 605 g/mol. The van der Waals surface area contributed by atoms with Crippen LogP contribution in [0.25, 0.3) is 0 Å². The van der Waals surface area contributed by atoms with E-state index < -0.39 is 27.9 Å². The van der Waals surface area contributed by atoms with E-state index in [-0.39, 0.29) is 29.3 Å². The van der Waals surface area contributed by atoms with Gasteiger partial charge in [-0.15, -0.1) is 0 Å². The molecule has 0 bridgehead atoms. The minimum atomic E-state index is -3.77. The van der Waals surface area contributed by atoms with Crippen LogP contribution >= 0.6 is 11.6 Å². The number of aromatic nitrogens is 1. The summed E-state index contributed by atoms with van der Waals surface area (Å²) < 4.78 is 49.7. The molecule has 12 heteroatoms. The number of halogens is 2. The predicted octanol–water partition coefficient (Wildman–Crippen LogP) is 4.18. The van der Waals surface area contributed by atoms with Gasteiger partial charge in [-0.05, 0) is 62.4 Å². The molecule has 2 fully saturated rings. The van der Waals surface area contributed by atoms with Crippen molar-refractivity contribution in [3.8, 4) is 0 Å². The third kappa shape index (κ3) is 7.94. The van der Waals surface area contributed by atoms with E-state index in [1.807, 2.05) is 19.1 Å². The van der Waals surface area contributed by atoms with E-state index in [1.165, 1.54) is 6.20 Å². The number of amides is 1. The molecule has 0 aliphatic carbocycles. The van der Waals surface area contributed by atoms with Crippen molar-refractivity contribution in [2.24, 2.45) is 0 Å². The van der Waals surface area contributed by atoms with Gasteiger partial charge in [-0.25, -0.2) is 12.8 Å². The van der Waals surface area contributed by atoms with Crippen molar-refractivity contribution < 1.29 is 22.3 Å². The smallest absolute Gasteiger partial charge is 0.243 e. The van der Waals surface area contributed by atoms with Crippen molar-refractivity contribution in [2.45, 2.75) is 68.1 Å². The van der Waals surface area contributed by atoms with Crippen LogP contribution in [0.2, 0.25) is 5.02 Å². The Morgan fingerprint density at radius 3 is 2.57 bits per heavy atom.